The number of para-hydroxylation sites is 2. The standard InChI is InChI=1S/C22H21F3N4O2/c23-22(24,25)21-27-17-8-4-5-9-18(17)29(21)14-19(30)28-12-10-16(11-13-28)26-20(31)15-6-2-1-3-7-15/h1-9,16H,10-14H2,(H,26,31). The normalized spacial score (nSPS) is 15.3. The van der Waals surface area contributed by atoms with E-state index in [9.17, 15) is 22.8 Å². The van der Waals surface area contributed by atoms with Gasteiger partial charge in [0.2, 0.25) is 11.7 Å². The largest absolute Gasteiger partial charge is 0.449 e. The Labute approximate surface area is 176 Å². The van der Waals surface area contributed by atoms with E-state index in [1.165, 1.54) is 12.1 Å². The second kappa shape index (κ2) is 8.41. The number of carbonyl (C=O) groups is 2. The molecule has 0 saturated carbocycles. The minimum atomic E-state index is -4.66. The van der Waals surface area contributed by atoms with Crippen molar-refractivity contribution in [3.63, 3.8) is 0 Å². The Balaban J connectivity index is 1.40. The fourth-order valence-electron chi connectivity index (χ4n) is 3.82. The third-order valence-electron chi connectivity index (χ3n) is 5.42. The molecule has 0 atom stereocenters. The van der Waals surface area contributed by atoms with Crippen molar-refractivity contribution in [3.8, 4) is 0 Å². The van der Waals surface area contributed by atoms with Crippen LogP contribution in [0.1, 0.15) is 29.0 Å². The Bertz CT molecular complexity index is 1090. The highest BCUT2D eigenvalue weighted by atomic mass is 19.4. The van der Waals surface area contributed by atoms with Crippen LogP contribution in [0.2, 0.25) is 0 Å². The van der Waals surface area contributed by atoms with Crippen LogP contribution < -0.4 is 5.32 Å². The van der Waals surface area contributed by atoms with E-state index in [2.05, 4.69) is 10.3 Å². The minimum absolute atomic E-state index is 0.0865. The molecule has 4 rings (SSSR count). The number of alkyl halides is 3. The van der Waals surface area contributed by atoms with Gasteiger partial charge in [-0.3, -0.25) is 9.59 Å². The first-order valence-electron chi connectivity index (χ1n) is 9.99. The Morgan fingerprint density at radius 1 is 1.00 bits per heavy atom. The zero-order valence-electron chi connectivity index (χ0n) is 16.6. The lowest BCUT2D eigenvalue weighted by Crippen LogP contribution is -2.47. The Morgan fingerprint density at radius 3 is 2.32 bits per heavy atom. The zero-order chi connectivity index (χ0) is 22.0. The zero-order valence-corrected chi connectivity index (χ0v) is 16.6. The molecule has 0 unspecified atom stereocenters. The van der Waals surface area contributed by atoms with Crippen LogP contribution in [0.25, 0.3) is 11.0 Å². The van der Waals surface area contributed by atoms with Gasteiger partial charge in [-0.1, -0.05) is 30.3 Å². The van der Waals surface area contributed by atoms with Gasteiger partial charge >= 0.3 is 6.18 Å². The number of likely N-dealkylation sites (tertiary alicyclic amines) is 1. The molecule has 1 aromatic heterocycles. The predicted molar refractivity (Wildman–Crippen MR) is 108 cm³/mol. The van der Waals surface area contributed by atoms with Crippen molar-refractivity contribution < 1.29 is 22.8 Å². The number of piperidine rings is 1. The number of benzene rings is 2. The molecule has 2 aromatic carbocycles. The predicted octanol–water partition coefficient (Wildman–Crippen LogP) is 3.48. The third-order valence-corrected chi connectivity index (χ3v) is 5.42. The van der Waals surface area contributed by atoms with Crippen LogP contribution in [0.4, 0.5) is 13.2 Å². The molecular formula is C22H21F3N4O2. The first kappa shape index (κ1) is 20.9. The number of imidazole rings is 1. The van der Waals surface area contributed by atoms with Gasteiger partial charge in [0.15, 0.2) is 0 Å². The summed E-state index contributed by atoms with van der Waals surface area (Å²) in [6.07, 6.45) is -3.57. The second-order valence-corrected chi connectivity index (χ2v) is 7.50. The number of halogens is 3. The van der Waals surface area contributed by atoms with E-state index in [1.807, 2.05) is 6.07 Å². The van der Waals surface area contributed by atoms with Gasteiger partial charge in [0.05, 0.1) is 11.0 Å². The van der Waals surface area contributed by atoms with Gasteiger partial charge in [0.1, 0.15) is 6.54 Å². The highest BCUT2D eigenvalue weighted by molar-refractivity contribution is 5.94. The van der Waals surface area contributed by atoms with Crippen molar-refractivity contribution in [2.24, 2.45) is 0 Å². The number of fused-ring (bicyclic) bond motifs is 1. The maximum absolute atomic E-state index is 13.4. The van der Waals surface area contributed by atoms with E-state index in [1.54, 1.807) is 41.3 Å². The highest BCUT2D eigenvalue weighted by Gasteiger charge is 2.38. The summed E-state index contributed by atoms with van der Waals surface area (Å²) in [6.45, 7) is 0.301. The van der Waals surface area contributed by atoms with E-state index in [0.29, 0.717) is 31.5 Å². The van der Waals surface area contributed by atoms with Crippen molar-refractivity contribution in [1.82, 2.24) is 19.8 Å². The van der Waals surface area contributed by atoms with Crippen LogP contribution in [0.3, 0.4) is 0 Å². The topological polar surface area (TPSA) is 67.2 Å². The smallest absolute Gasteiger partial charge is 0.349 e. The fourth-order valence-corrected chi connectivity index (χ4v) is 3.82. The number of aromatic nitrogens is 2. The maximum atomic E-state index is 13.4. The van der Waals surface area contributed by atoms with E-state index in [-0.39, 0.29) is 23.0 Å². The molecule has 1 saturated heterocycles. The molecule has 162 valence electrons. The third kappa shape index (κ3) is 4.55. The lowest BCUT2D eigenvalue weighted by molar-refractivity contribution is -0.148. The number of carbonyl (C=O) groups excluding carboxylic acids is 2. The van der Waals surface area contributed by atoms with Gasteiger partial charge in [-0.2, -0.15) is 13.2 Å². The first-order valence-corrected chi connectivity index (χ1v) is 9.99. The summed E-state index contributed by atoms with van der Waals surface area (Å²) in [5.41, 5.74) is 1.03. The van der Waals surface area contributed by atoms with Crippen molar-refractivity contribution in [2.75, 3.05) is 13.1 Å². The summed E-state index contributed by atoms with van der Waals surface area (Å²) in [7, 11) is 0. The molecule has 0 radical (unpaired) electrons. The van der Waals surface area contributed by atoms with Gasteiger partial charge in [0.25, 0.3) is 5.91 Å². The van der Waals surface area contributed by atoms with Crippen LogP contribution in [0, 0.1) is 0 Å². The van der Waals surface area contributed by atoms with Crippen molar-refractivity contribution in [2.45, 2.75) is 31.6 Å². The summed E-state index contributed by atoms with van der Waals surface area (Å²) >= 11 is 0. The van der Waals surface area contributed by atoms with Crippen LogP contribution >= 0.6 is 0 Å². The summed E-state index contributed by atoms with van der Waals surface area (Å²) in [6, 6.07) is 15.0. The number of amides is 2. The number of rotatable bonds is 4. The Hall–Kier alpha value is -3.36. The lowest BCUT2D eigenvalue weighted by atomic mass is 10.0. The molecule has 6 nitrogen and oxygen atoms in total. The minimum Gasteiger partial charge on any atom is -0.349 e. The molecule has 0 spiro atoms. The molecule has 1 N–H and O–H groups in total. The van der Waals surface area contributed by atoms with Crippen LogP contribution in [0.15, 0.2) is 54.6 Å². The fraction of sp³-hybridized carbons (Fsp3) is 0.318. The number of hydrogen-bond acceptors (Lipinski definition) is 3. The van der Waals surface area contributed by atoms with E-state index in [4.69, 9.17) is 0 Å². The summed E-state index contributed by atoms with van der Waals surface area (Å²) < 4.78 is 41.3. The quantitative estimate of drug-likeness (QED) is 0.689. The van der Waals surface area contributed by atoms with Crippen molar-refractivity contribution in [3.05, 3.63) is 66.0 Å². The van der Waals surface area contributed by atoms with Gasteiger partial charge in [-0.05, 0) is 37.1 Å². The molecule has 1 aliphatic rings. The van der Waals surface area contributed by atoms with E-state index in [0.717, 1.165) is 4.57 Å². The van der Waals surface area contributed by atoms with Crippen molar-refractivity contribution in [1.29, 1.82) is 0 Å². The SMILES string of the molecule is O=C(NC1CCN(C(=O)Cn2c(C(F)(F)F)nc3ccccc32)CC1)c1ccccc1. The molecule has 0 aliphatic carbocycles. The van der Waals surface area contributed by atoms with Crippen molar-refractivity contribution >= 4 is 22.8 Å². The maximum Gasteiger partial charge on any atom is 0.449 e. The number of hydrogen-bond donors (Lipinski definition) is 1. The molecule has 1 fully saturated rings. The van der Waals surface area contributed by atoms with Crippen LogP contribution in [0.5, 0.6) is 0 Å². The van der Waals surface area contributed by atoms with Gasteiger partial charge in [-0.15, -0.1) is 0 Å². The average Bonchev–Trinajstić information content (AvgIpc) is 3.14. The van der Waals surface area contributed by atoms with E-state index >= 15 is 0 Å². The highest BCUT2D eigenvalue weighted by Crippen LogP contribution is 2.31. The Kier molecular flexibility index (Phi) is 5.67. The second-order valence-electron chi connectivity index (χ2n) is 7.50. The van der Waals surface area contributed by atoms with Gasteiger partial charge < -0.3 is 14.8 Å². The average molecular weight is 430 g/mol. The molecule has 2 amide bonds. The molecule has 0 bridgehead atoms. The van der Waals surface area contributed by atoms with E-state index < -0.39 is 24.5 Å². The summed E-state index contributed by atoms with van der Waals surface area (Å²) in [4.78, 5) is 30.3. The van der Waals surface area contributed by atoms with Gasteiger partial charge in [0, 0.05) is 24.7 Å². The van der Waals surface area contributed by atoms with Crippen LogP contribution in [-0.4, -0.2) is 45.4 Å². The number of nitrogens with one attached hydrogen (secondary N) is 1. The molecule has 1 aliphatic heterocycles. The monoisotopic (exact) mass is 430 g/mol. The molecular weight excluding hydrogens is 409 g/mol. The van der Waals surface area contributed by atoms with Crippen LogP contribution in [-0.2, 0) is 17.5 Å². The van der Waals surface area contributed by atoms with Gasteiger partial charge in [-0.25, -0.2) is 4.98 Å². The molecule has 9 heteroatoms. The summed E-state index contributed by atoms with van der Waals surface area (Å²) in [5.74, 6) is -1.65. The lowest BCUT2D eigenvalue weighted by Gasteiger charge is -2.32. The number of nitrogens with zero attached hydrogens (tertiary/aromatic N) is 3. The Morgan fingerprint density at radius 2 is 1.65 bits per heavy atom. The molecule has 31 heavy (non-hydrogen) atoms. The molecule has 3 aromatic rings. The first-order chi connectivity index (χ1) is 14.8. The molecule has 2 heterocycles. The summed E-state index contributed by atoms with van der Waals surface area (Å²) in [5, 5.41) is 2.95.